The second-order valence-corrected chi connectivity index (χ2v) is 8.88. The highest BCUT2D eigenvalue weighted by molar-refractivity contribution is 7.98. The number of hydrogen-bond donors (Lipinski definition) is 1. The van der Waals surface area contributed by atoms with Gasteiger partial charge in [-0.15, -0.1) is 5.10 Å². The molecule has 0 radical (unpaired) electrons. The quantitative estimate of drug-likeness (QED) is 0.331. The average molecular weight is 492 g/mol. The summed E-state index contributed by atoms with van der Waals surface area (Å²) in [6.07, 6.45) is 2.87. The van der Waals surface area contributed by atoms with Crippen LogP contribution in [0.4, 0.5) is 0 Å². The molecule has 0 bridgehead atoms. The molecule has 4 aromatic rings. The molecule has 9 heteroatoms. The average Bonchev–Trinajstić information content (AvgIpc) is 3.30. The summed E-state index contributed by atoms with van der Waals surface area (Å²) < 4.78 is 13.2. The topological polar surface area (TPSA) is 90.6 Å². The fraction of sp³-hybridized carbons (Fsp3) is 0.308. The zero-order valence-electron chi connectivity index (χ0n) is 20.4. The minimum absolute atomic E-state index is 0.0318. The van der Waals surface area contributed by atoms with Crippen LogP contribution in [-0.2, 0) is 24.4 Å². The fourth-order valence-corrected chi connectivity index (χ4v) is 4.18. The number of ether oxygens (including phenoxy) is 2. The van der Waals surface area contributed by atoms with Gasteiger partial charge in [0, 0.05) is 24.4 Å². The number of amides is 1. The van der Waals surface area contributed by atoms with Crippen molar-refractivity contribution in [3.05, 3.63) is 76.6 Å². The summed E-state index contributed by atoms with van der Waals surface area (Å²) in [5.74, 6) is 1.85. The molecule has 0 spiro atoms. The van der Waals surface area contributed by atoms with Crippen LogP contribution in [0, 0.1) is 13.8 Å². The number of rotatable bonds is 10. The maximum Gasteiger partial charge on any atom is 0.253 e. The van der Waals surface area contributed by atoms with Gasteiger partial charge in [0.15, 0.2) is 11.5 Å². The van der Waals surface area contributed by atoms with Crippen LogP contribution in [0.2, 0.25) is 0 Å². The van der Waals surface area contributed by atoms with Gasteiger partial charge in [0.2, 0.25) is 11.1 Å². The van der Waals surface area contributed by atoms with Gasteiger partial charge in [-0.1, -0.05) is 48.2 Å². The number of thioether (sulfide) groups is 1. The maximum atomic E-state index is 12.6. The van der Waals surface area contributed by atoms with Crippen molar-refractivity contribution in [2.45, 2.75) is 45.0 Å². The molecule has 35 heavy (non-hydrogen) atoms. The van der Waals surface area contributed by atoms with Crippen molar-refractivity contribution in [1.82, 2.24) is 24.9 Å². The standard InChI is InChI=1S/C26H29N5O3S/c1-17-21(18(2)31-25(28-17)29-26(30-31)35-4)11-13-24(32)27-15-20-10-12-22(23(14-20)33-3)34-16-19-8-6-5-7-9-19/h5-10,12,14H,11,13,15-16H2,1-4H3,(H,27,32). The van der Waals surface area contributed by atoms with Crippen molar-refractivity contribution < 1.29 is 14.3 Å². The number of carbonyl (C=O) groups is 1. The van der Waals surface area contributed by atoms with E-state index in [2.05, 4.69) is 20.4 Å². The first-order chi connectivity index (χ1) is 17.0. The molecule has 0 atom stereocenters. The molecular weight excluding hydrogens is 462 g/mol. The summed E-state index contributed by atoms with van der Waals surface area (Å²) >= 11 is 1.48. The van der Waals surface area contributed by atoms with Crippen LogP contribution in [0.3, 0.4) is 0 Å². The first-order valence-corrected chi connectivity index (χ1v) is 12.6. The lowest BCUT2D eigenvalue weighted by atomic mass is 10.1. The predicted molar refractivity (Wildman–Crippen MR) is 136 cm³/mol. The first-order valence-electron chi connectivity index (χ1n) is 11.4. The number of nitrogens with zero attached hydrogens (tertiary/aromatic N) is 4. The third-order valence-electron chi connectivity index (χ3n) is 5.77. The maximum absolute atomic E-state index is 12.6. The van der Waals surface area contributed by atoms with Gasteiger partial charge in [-0.25, -0.2) is 9.50 Å². The van der Waals surface area contributed by atoms with E-state index in [0.717, 1.165) is 28.1 Å². The lowest BCUT2D eigenvalue weighted by Crippen LogP contribution is -2.23. The number of nitrogens with one attached hydrogen (secondary N) is 1. The molecule has 0 fully saturated rings. The Balaban J connectivity index is 1.34. The lowest BCUT2D eigenvalue weighted by molar-refractivity contribution is -0.121. The molecule has 2 heterocycles. The van der Waals surface area contributed by atoms with Crippen LogP contribution in [0.1, 0.15) is 34.5 Å². The third kappa shape index (κ3) is 5.92. The summed E-state index contributed by atoms with van der Waals surface area (Å²) in [6, 6.07) is 15.7. The molecule has 2 aromatic carbocycles. The van der Waals surface area contributed by atoms with Gasteiger partial charge in [0.1, 0.15) is 6.61 Å². The normalized spacial score (nSPS) is 11.0. The smallest absolute Gasteiger partial charge is 0.253 e. The Labute approximate surface area is 209 Å². The Morgan fingerprint density at radius 3 is 2.60 bits per heavy atom. The van der Waals surface area contributed by atoms with E-state index in [0.29, 0.717) is 48.4 Å². The Bertz CT molecular complexity index is 1320. The lowest BCUT2D eigenvalue weighted by Gasteiger charge is -2.13. The molecule has 1 amide bonds. The Morgan fingerprint density at radius 2 is 1.86 bits per heavy atom. The number of benzene rings is 2. The molecule has 0 unspecified atom stereocenters. The van der Waals surface area contributed by atoms with Gasteiger partial charge in [-0.3, -0.25) is 4.79 Å². The number of aryl methyl sites for hydroxylation is 2. The zero-order valence-corrected chi connectivity index (χ0v) is 21.2. The highest BCUT2D eigenvalue weighted by Gasteiger charge is 2.15. The minimum Gasteiger partial charge on any atom is -0.493 e. The molecular formula is C26H29N5O3S. The SMILES string of the molecule is COc1cc(CNC(=O)CCc2c(C)nc3nc(SC)nn3c2C)ccc1OCc1ccccc1. The molecule has 2 aromatic heterocycles. The Morgan fingerprint density at radius 1 is 1.06 bits per heavy atom. The minimum atomic E-state index is -0.0318. The van der Waals surface area contributed by atoms with Crippen LogP contribution in [0.5, 0.6) is 11.5 Å². The summed E-state index contributed by atoms with van der Waals surface area (Å²) in [7, 11) is 1.61. The predicted octanol–water partition coefficient (Wildman–Crippen LogP) is 4.30. The first kappa shape index (κ1) is 24.5. The van der Waals surface area contributed by atoms with Crippen LogP contribution in [0.25, 0.3) is 5.78 Å². The van der Waals surface area contributed by atoms with Crippen LogP contribution in [0.15, 0.2) is 53.7 Å². The Kier molecular flexibility index (Phi) is 7.87. The number of fused-ring (bicyclic) bond motifs is 1. The van der Waals surface area contributed by atoms with E-state index < -0.39 is 0 Å². The van der Waals surface area contributed by atoms with Gasteiger partial charge in [-0.05, 0) is 55.3 Å². The van der Waals surface area contributed by atoms with Crippen LogP contribution in [-0.4, -0.2) is 38.9 Å². The number of aromatic nitrogens is 4. The molecule has 0 aliphatic heterocycles. The largest absolute Gasteiger partial charge is 0.493 e. The molecule has 4 rings (SSSR count). The summed E-state index contributed by atoms with van der Waals surface area (Å²) in [6.45, 7) is 4.80. The van der Waals surface area contributed by atoms with Gasteiger partial charge < -0.3 is 14.8 Å². The van der Waals surface area contributed by atoms with Crippen molar-refractivity contribution in [3.8, 4) is 11.5 Å². The van der Waals surface area contributed by atoms with E-state index in [1.165, 1.54) is 11.8 Å². The highest BCUT2D eigenvalue weighted by Crippen LogP contribution is 2.29. The van der Waals surface area contributed by atoms with Crippen molar-refractivity contribution in [2.24, 2.45) is 0 Å². The second kappa shape index (κ2) is 11.2. The van der Waals surface area contributed by atoms with E-state index in [4.69, 9.17) is 9.47 Å². The molecule has 182 valence electrons. The highest BCUT2D eigenvalue weighted by atomic mass is 32.2. The van der Waals surface area contributed by atoms with E-state index in [1.54, 1.807) is 11.6 Å². The Hall–Kier alpha value is -3.59. The zero-order chi connectivity index (χ0) is 24.8. The summed E-state index contributed by atoms with van der Waals surface area (Å²) in [4.78, 5) is 21.5. The van der Waals surface area contributed by atoms with Crippen molar-refractivity contribution in [3.63, 3.8) is 0 Å². The van der Waals surface area contributed by atoms with E-state index >= 15 is 0 Å². The summed E-state index contributed by atoms with van der Waals surface area (Å²) in [5, 5.41) is 8.15. The number of carbonyl (C=O) groups excluding carboxylic acids is 1. The number of methoxy groups -OCH3 is 1. The van der Waals surface area contributed by atoms with Crippen LogP contribution >= 0.6 is 11.8 Å². The molecule has 0 saturated carbocycles. The second-order valence-electron chi connectivity index (χ2n) is 8.11. The van der Waals surface area contributed by atoms with E-state index in [1.807, 2.05) is 68.6 Å². The van der Waals surface area contributed by atoms with Crippen molar-refractivity contribution in [2.75, 3.05) is 13.4 Å². The van der Waals surface area contributed by atoms with E-state index in [-0.39, 0.29) is 5.91 Å². The third-order valence-corrected chi connectivity index (χ3v) is 6.31. The van der Waals surface area contributed by atoms with Gasteiger partial charge in [-0.2, -0.15) is 4.98 Å². The molecule has 1 N–H and O–H groups in total. The monoisotopic (exact) mass is 491 g/mol. The van der Waals surface area contributed by atoms with Gasteiger partial charge >= 0.3 is 0 Å². The van der Waals surface area contributed by atoms with Crippen molar-refractivity contribution in [1.29, 1.82) is 0 Å². The molecule has 0 saturated heterocycles. The summed E-state index contributed by atoms with van der Waals surface area (Å²) in [5.41, 5.74) is 4.87. The molecule has 0 aliphatic carbocycles. The van der Waals surface area contributed by atoms with E-state index in [9.17, 15) is 4.79 Å². The number of hydrogen-bond acceptors (Lipinski definition) is 7. The fourth-order valence-electron chi connectivity index (χ4n) is 3.84. The van der Waals surface area contributed by atoms with Crippen molar-refractivity contribution >= 4 is 23.4 Å². The van der Waals surface area contributed by atoms with Gasteiger partial charge in [0.25, 0.3) is 5.78 Å². The molecule has 0 aliphatic rings. The van der Waals surface area contributed by atoms with Gasteiger partial charge in [0.05, 0.1) is 7.11 Å². The molecule has 8 nitrogen and oxygen atoms in total. The van der Waals surface area contributed by atoms with Crippen LogP contribution < -0.4 is 14.8 Å².